The summed E-state index contributed by atoms with van der Waals surface area (Å²) in [5.74, 6) is -0.383. The van der Waals surface area contributed by atoms with Crippen molar-refractivity contribution in [2.75, 3.05) is 17.2 Å². The number of anilines is 2. The van der Waals surface area contributed by atoms with Crippen LogP contribution in [0.1, 0.15) is 38.7 Å². The summed E-state index contributed by atoms with van der Waals surface area (Å²) >= 11 is 0. The van der Waals surface area contributed by atoms with E-state index in [1.165, 1.54) is 0 Å². The van der Waals surface area contributed by atoms with Gasteiger partial charge in [-0.25, -0.2) is 0 Å². The van der Waals surface area contributed by atoms with Crippen molar-refractivity contribution in [2.24, 2.45) is 0 Å². The number of nitrogens with one attached hydrogen (secondary N) is 2. The van der Waals surface area contributed by atoms with Crippen molar-refractivity contribution >= 4 is 23.2 Å². The number of rotatable bonds is 6. The first kappa shape index (κ1) is 18.5. The molecule has 132 valence electrons. The fourth-order valence-corrected chi connectivity index (χ4v) is 2.43. The van der Waals surface area contributed by atoms with Gasteiger partial charge in [0.2, 0.25) is 0 Å². The summed E-state index contributed by atoms with van der Waals surface area (Å²) in [4.78, 5) is 24.3. The Hall–Kier alpha value is -2.82. The molecule has 0 bridgehead atoms. The maximum absolute atomic E-state index is 12.2. The van der Waals surface area contributed by atoms with Gasteiger partial charge in [-0.05, 0) is 55.2 Å². The van der Waals surface area contributed by atoms with Crippen LogP contribution in [0.4, 0.5) is 11.4 Å². The molecule has 0 radical (unpaired) electrons. The second kappa shape index (κ2) is 8.87. The Morgan fingerprint density at radius 1 is 0.960 bits per heavy atom. The van der Waals surface area contributed by atoms with E-state index in [0.717, 1.165) is 12.0 Å². The lowest BCUT2D eigenvalue weighted by atomic mass is 9.97. The van der Waals surface area contributed by atoms with Gasteiger partial charge in [-0.2, -0.15) is 0 Å². The summed E-state index contributed by atoms with van der Waals surface area (Å²) in [6, 6.07) is 14.4. The number of carbonyl (C=O) groups is 2. The number of hydrogen-bond donors (Lipinski definition) is 2. The molecule has 0 spiro atoms. The largest absolute Gasteiger partial charge is 0.494 e. The molecule has 0 aromatic heterocycles. The molecule has 25 heavy (non-hydrogen) atoms. The van der Waals surface area contributed by atoms with Crippen LogP contribution in [0.15, 0.2) is 48.5 Å². The number of carbonyl (C=O) groups excluding carboxylic acids is 2. The van der Waals surface area contributed by atoms with Crippen LogP contribution in [-0.4, -0.2) is 18.4 Å². The molecular weight excluding hydrogens is 316 g/mol. The number of hydrogen-bond acceptors (Lipinski definition) is 3. The molecule has 1 atom stereocenters. The highest BCUT2D eigenvalue weighted by atomic mass is 16.5. The minimum atomic E-state index is -0.705. The van der Waals surface area contributed by atoms with E-state index < -0.39 is 11.8 Å². The zero-order chi connectivity index (χ0) is 18.2. The Kier molecular flexibility index (Phi) is 6.57. The fraction of sp³-hybridized carbons (Fsp3) is 0.300. The first-order valence-electron chi connectivity index (χ1n) is 8.49. The third kappa shape index (κ3) is 5.08. The van der Waals surface area contributed by atoms with Crippen LogP contribution < -0.4 is 15.4 Å². The van der Waals surface area contributed by atoms with Gasteiger partial charge in [0.25, 0.3) is 0 Å². The molecular formula is C20H24N2O3. The van der Waals surface area contributed by atoms with E-state index >= 15 is 0 Å². The lowest BCUT2D eigenvalue weighted by Crippen LogP contribution is -2.29. The lowest BCUT2D eigenvalue weighted by Gasteiger charge is -2.15. The first-order chi connectivity index (χ1) is 12.0. The number of ether oxygens (including phenoxy) is 1. The summed E-state index contributed by atoms with van der Waals surface area (Å²) in [5.41, 5.74) is 2.23. The third-order valence-corrected chi connectivity index (χ3v) is 3.98. The van der Waals surface area contributed by atoms with Gasteiger partial charge in [0.15, 0.2) is 0 Å². The molecule has 0 fully saturated rings. The van der Waals surface area contributed by atoms with Crippen LogP contribution in [0, 0.1) is 0 Å². The second-order valence-electron chi connectivity index (χ2n) is 5.76. The summed E-state index contributed by atoms with van der Waals surface area (Å²) in [5, 5.41) is 5.29. The van der Waals surface area contributed by atoms with Crippen LogP contribution in [0.2, 0.25) is 0 Å². The highest BCUT2D eigenvalue weighted by Gasteiger charge is 2.17. The topological polar surface area (TPSA) is 67.4 Å². The number of amides is 2. The van der Waals surface area contributed by atoms with Crippen LogP contribution >= 0.6 is 0 Å². The molecule has 5 nitrogen and oxygen atoms in total. The molecule has 0 aliphatic carbocycles. The van der Waals surface area contributed by atoms with E-state index in [1.807, 2.05) is 31.2 Å². The monoisotopic (exact) mass is 340 g/mol. The minimum absolute atomic E-state index is 0.297. The second-order valence-corrected chi connectivity index (χ2v) is 5.76. The van der Waals surface area contributed by atoms with E-state index in [0.29, 0.717) is 29.6 Å². The molecule has 2 aromatic rings. The van der Waals surface area contributed by atoms with Gasteiger partial charge < -0.3 is 15.4 Å². The molecule has 2 amide bonds. The number of benzene rings is 2. The zero-order valence-electron chi connectivity index (χ0n) is 14.8. The smallest absolute Gasteiger partial charge is 0.314 e. The van der Waals surface area contributed by atoms with E-state index in [4.69, 9.17) is 4.74 Å². The summed E-state index contributed by atoms with van der Waals surface area (Å²) in [6.45, 7) is 6.65. The van der Waals surface area contributed by atoms with Crippen LogP contribution in [0.25, 0.3) is 0 Å². The summed E-state index contributed by atoms with van der Waals surface area (Å²) in [6.07, 6.45) is 0.950. The lowest BCUT2D eigenvalue weighted by molar-refractivity contribution is -0.133. The Morgan fingerprint density at radius 3 is 2.24 bits per heavy atom. The Morgan fingerprint density at radius 2 is 1.60 bits per heavy atom. The van der Waals surface area contributed by atoms with Crippen molar-refractivity contribution in [3.63, 3.8) is 0 Å². The molecule has 2 aromatic carbocycles. The Bertz CT molecular complexity index is 726. The van der Waals surface area contributed by atoms with E-state index in [9.17, 15) is 9.59 Å². The van der Waals surface area contributed by atoms with Crippen molar-refractivity contribution in [3.05, 3.63) is 54.1 Å². The van der Waals surface area contributed by atoms with Crippen molar-refractivity contribution in [2.45, 2.75) is 33.1 Å². The maximum Gasteiger partial charge on any atom is 0.314 e. The van der Waals surface area contributed by atoms with Gasteiger partial charge >= 0.3 is 11.8 Å². The highest BCUT2D eigenvalue weighted by molar-refractivity contribution is 6.43. The van der Waals surface area contributed by atoms with E-state index in [1.54, 1.807) is 24.3 Å². The minimum Gasteiger partial charge on any atom is -0.494 e. The maximum atomic E-state index is 12.2. The van der Waals surface area contributed by atoms with Gasteiger partial charge in [-0.1, -0.05) is 32.0 Å². The molecule has 0 aliphatic rings. The molecule has 0 saturated heterocycles. The molecule has 5 heteroatoms. The van der Waals surface area contributed by atoms with Gasteiger partial charge in [-0.3, -0.25) is 9.59 Å². The fourth-order valence-electron chi connectivity index (χ4n) is 2.43. The molecule has 0 aliphatic heterocycles. The van der Waals surface area contributed by atoms with Gasteiger partial charge in [0.1, 0.15) is 5.75 Å². The molecule has 0 saturated carbocycles. The normalized spacial score (nSPS) is 11.5. The predicted molar refractivity (Wildman–Crippen MR) is 100 cm³/mol. The standard InChI is InChI=1S/C20H24N2O3/c1-4-14(3)17-8-6-7-9-18(17)22-20(24)19(23)21-15-10-12-16(13-11-15)25-5-2/h6-14H,4-5H2,1-3H3,(H,21,23)(H,22,24). The van der Waals surface area contributed by atoms with Crippen LogP contribution in [-0.2, 0) is 9.59 Å². The van der Waals surface area contributed by atoms with Crippen molar-refractivity contribution < 1.29 is 14.3 Å². The van der Waals surface area contributed by atoms with Crippen LogP contribution in [0.5, 0.6) is 5.75 Å². The van der Waals surface area contributed by atoms with Gasteiger partial charge in [0.05, 0.1) is 6.61 Å². The average molecular weight is 340 g/mol. The molecule has 2 N–H and O–H groups in total. The first-order valence-corrected chi connectivity index (χ1v) is 8.49. The predicted octanol–water partition coefficient (Wildman–Crippen LogP) is 4.18. The van der Waals surface area contributed by atoms with Crippen molar-refractivity contribution in [1.29, 1.82) is 0 Å². The third-order valence-electron chi connectivity index (χ3n) is 3.98. The van der Waals surface area contributed by atoms with E-state index in [-0.39, 0.29) is 0 Å². The van der Waals surface area contributed by atoms with Crippen LogP contribution in [0.3, 0.4) is 0 Å². The SMILES string of the molecule is CCOc1ccc(NC(=O)C(=O)Nc2ccccc2C(C)CC)cc1. The Balaban J connectivity index is 2.02. The van der Waals surface area contributed by atoms with E-state index in [2.05, 4.69) is 24.5 Å². The van der Waals surface area contributed by atoms with Crippen molar-refractivity contribution in [3.8, 4) is 5.75 Å². The number of para-hydroxylation sites is 1. The average Bonchev–Trinajstić information content (AvgIpc) is 2.63. The zero-order valence-corrected chi connectivity index (χ0v) is 14.8. The summed E-state index contributed by atoms with van der Waals surface area (Å²) < 4.78 is 5.35. The summed E-state index contributed by atoms with van der Waals surface area (Å²) in [7, 11) is 0. The molecule has 2 rings (SSSR count). The molecule has 0 heterocycles. The quantitative estimate of drug-likeness (QED) is 0.775. The van der Waals surface area contributed by atoms with Gasteiger partial charge in [0, 0.05) is 11.4 Å². The Labute approximate surface area is 148 Å². The highest BCUT2D eigenvalue weighted by Crippen LogP contribution is 2.26. The van der Waals surface area contributed by atoms with Gasteiger partial charge in [-0.15, -0.1) is 0 Å². The van der Waals surface area contributed by atoms with Crippen molar-refractivity contribution in [1.82, 2.24) is 0 Å². The molecule has 1 unspecified atom stereocenters.